The van der Waals surface area contributed by atoms with E-state index >= 15 is 0 Å². The first-order chi connectivity index (χ1) is 20.0. The summed E-state index contributed by atoms with van der Waals surface area (Å²) >= 11 is 0. The van der Waals surface area contributed by atoms with Gasteiger partial charge in [0.15, 0.2) is 0 Å². The average Bonchev–Trinajstić information content (AvgIpc) is 2.95. The van der Waals surface area contributed by atoms with Crippen molar-refractivity contribution in [2.24, 2.45) is 0 Å². The number of hydrogen-bond acceptors (Lipinski definition) is 9. The molecule has 1 fully saturated rings. The van der Waals surface area contributed by atoms with Crippen LogP contribution in [0.15, 0.2) is 54.8 Å². The number of allylic oxidation sites excluding steroid dienone is 2. The Morgan fingerprint density at radius 2 is 1.93 bits per heavy atom. The minimum absolute atomic E-state index is 0.0118. The number of benzene rings is 1. The molecule has 16 heteroatoms. The molecule has 2 aliphatic rings. The number of nitrogens with one attached hydrogen (secondary N) is 3. The monoisotopic (exact) mass is 583 g/mol. The zero-order valence-electron chi connectivity index (χ0n) is 22.6. The number of carbonyl (C=O) groups excluding carboxylic acids is 4. The Kier molecular flexibility index (Phi) is 10.5. The van der Waals surface area contributed by atoms with Crippen molar-refractivity contribution in [1.29, 1.82) is 0 Å². The molecule has 0 saturated carbocycles. The van der Waals surface area contributed by atoms with Crippen molar-refractivity contribution in [3.05, 3.63) is 65.9 Å². The predicted molar refractivity (Wildman–Crippen MR) is 147 cm³/mol. The van der Waals surface area contributed by atoms with Gasteiger partial charge >= 0.3 is 36.9 Å². The van der Waals surface area contributed by atoms with Crippen LogP contribution in [0.4, 0.5) is 4.79 Å². The molecule has 3 rings (SSSR count). The maximum atomic E-state index is 13.5. The fourth-order valence-corrected chi connectivity index (χ4v) is 4.31. The van der Waals surface area contributed by atoms with Crippen molar-refractivity contribution < 1.29 is 48.7 Å². The largest absolute Gasteiger partial charge is 0.547 e. The van der Waals surface area contributed by atoms with Crippen LogP contribution in [0, 0.1) is 0 Å². The first-order valence-electron chi connectivity index (χ1n) is 12.8. The predicted octanol–water partition coefficient (Wildman–Crippen LogP) is -1.11. The Labute approximate surface area is 240 Å². The van der Waals surface area contributed by atoms with E-state index in [1.807, 2.05) is 0 Å². The third-order valence-electron chi connectivity index (χ3n) is 6.47. The molecule has 0 radical (unpaired) electrons. The number of carbonyl (C=O) groups is 6. The number of aliphatic carboxylic acids is 1. The quantitative estimate of drug-likeness (QED) is 0.104. The van der Waals surface area contributed by atoms with Crippen molar-refractivity contribution in [3.8, 4) is 5.75 Å². The van der Waals surface area contributed by atoms with Crippen LogP contribution < -0.4 is 20.6 Å². The molecule has 1 aromatic carbocycles. The number of carboxylic acid groups (broad SMARTS) is 2. The third-order valence-corrected chi connectivity index (χ3v) is 6.47. The number of carboxylic acids is 2. The second-order valence-corrected chi connectivity index (χ2v) is 9.16. The molecule has 1 aromatic rings. The Balaban J connectivity index is 1.85. The maximum Gasteiger partial charge on any atom is 0.547 e. The fraction of sp³-hybridized carbons (Fsp3) is 0.308. The van der Waals surface area contributed by atoms with Crippen LogP contribution in [0.1, 0.15) is 22.8 Å². The number of fused-ring (bicyclic) bond motifs is 1. The van der Waals surface area contributed by atoms with Gasteiger partial charge in [-0.15, -0.1) is 0 Å². The highest BCUT2D eigenvalue weighted by molar-refractivity contribution is 6.47. The van der Waals surface area contributed by atoms with Gasteiger partial charge in [-0.3, -0.25) is 24.1 Å². The van der Waals surface area contributed by atoms with Crippen LogP contribution in [0.2, 0.25) is 0 Å². The molecule has 2 atom stereocenters. The number of rotatable bonds is 11. The lowest BCUT2D eigenvalue weighted by Crippen LogP contribution is -2.62. The number of hydrogen-bond donors (Lipinski definition) is 6. The molecule has 0 aromatic heterocycles. The summed E-state index contributed by atoms with van der Waals surface area (Å²) in [5.74, 6) is -6.25. The smallest absolute Gasteiger partial charge is 0.534 e. The van der Waals surface area contributed by atoms with Crippen LogP contribution in [-0.2, 0) is 25.6 Å². The lowest BCUT2D eigenvalue weighted by Gasteiger charge is -2.33. The van der Waals surface area contributed by atoms with Crippen LogP contribution in [-0.4, -0.2) is 106 Å². The van der Waals surface area contributed by atoms with Gasteiger partial charge in [0, 0.05) is 19.6 Å². The summed E-state index contributed by atoms with van der Waals surface area (Å²) < 4.78 is 5.41. The highest BCUT2D eigenvalue weighted by atomic mass is 16.5. The Morgan fingerprint density at radius 1 is 1.19 bits per heavy atom. The molecular formula is C26H30BN5O10. The van der Waals surface area contributed by atoms with Gasteiger partial charge in [-0.05, 0) is 42.8 Å². The Hall–Kier alpha value is -5.12. The van der Waals surface area contributed by atoms with Crippen molar-refractivity contribution in [3.63, 3.8) is 0 Å². The molecule has 222 valence electrons. The number of likely N-dealkylation sites (N-methyl/N-ethyl adjacent to an activating group) is 1. The number of urea groups is 1. The standard InChI is InChI=1S/C26H30BN5O10/c1-3-15(8-6-10-28-14-19(33)34)20(30-26(40)32-12-11-31(4-2)23(36)24(32)37)22(35)29-18-13-16-7-5-9-17(25(38)39)21(16)42-27(18)41/h3,5-10,18,20,28,41H,1,4,11-14H2,2H3,(H,29,35)(H,30,40)(H,33,34)(H,38,39)/b10-6-,15-8+/t18-,20?/m0/s1. The van der Waals surface area contributed by atoms with Crippen LogP contribution >= 0.6 is 0 Å². The average molecular weight is 583 g/mol. The highest BCUT2D eigenvalue weighted by Gasteiger charge is 2.41. The molecule has 6 N–H and O–H groups in total. The number of para-hydroxylation sites is 1. The van der Waals surface area contributed by atoms with E-state index in [0.29, 0.717) is 10.5 Å². The minimum atomic E-state index is -1.64. The molecule has 5 amide bonds. The topological polar surface area (TPSA) is 215 Å². The number of aromatic carboxylic acids is 1. The molecule has 2 heterocycles. The molecule has 15 nitrogen and oxygen atoms in total. The second-order valence-electron chi connectivity index (χ2n) is 9.16. The summed E-state index contributed by atoms with van der Waals surface area (Å²) in [4.78, 5) is 75.7. The summed E-state index contributed by atoms with van der Waals surface area (Å²) in [5.41, 5.74) is 0.361. The minimum Gasteiger partial charge on any atom is -0.534 e. The number of amides is 5. The van der Waals surface area contributed by atoms with E-state index in [1.165, 1.54) is 41.5 Å². The van der Waals surface area contributed by atoms with E-state index in [9.17, 15) is 38.9 Å². The van der Waals surface area contributed by atoms with E-state index in [-0.39, 0.29) is 49.5 Å². The van der Waals surface area contributed by atoms with Gasteiger partial charge < -0.3 is 40.7 Å². The summed E-state index contributed by atoms with van der Waals surface area (Å²) in [5, 5.41) is 36.2. The van der Waals surface area contributed by atoms with Crippen LogP contribution in [0.5, 0.6) is 5.75 Å². The molecule has 2 aliphatic heterocycles. The maximum absolute atomic E-state index is 13.5. The summed E-state index contributed by atoms with van der Waals surface area (Å²) in [6.45, 7) is 5.24. The zero-order chi connectivity index (χ0) is 31.0. The lowest BCUT2D eigenvalue weighted by molar-refractivity contribution is -0.153. The zero-order valence-corrected chi connectivity index (χ0v) is 22.6. The number of piperazine rings is 1. The van der Waals surface area contributed by atoms with Gasteiger partial charge in [0.05, 0.1) is 11.5 Å². The van der Waals surface area contributed by atoms with Gasteiger partial charge in [-0.2, -0.15) is 0 Å². The van der Waals surface area contributed by atoms with E-state index in [4.69, 9.17) is 9.76 Å². The Bertz CT molecular complexity index is 1350. The second kappa shape index (κ2) is 14.0. The molecular weight excluding hydrogens is 553 g/mol. The van der Waals surface area contributed by atoms with Crippen molar-refractivity contribution in [1.82, 2.24) is 25.8 Å². The molecule has 1 saturated heterocycles. The normalized spacial score (nSPS) is 17.7. The summed E-state index contributed by atoms with van der Waals surface area (Å²) in [7, 11) is -1.64. The van der Waals surface area contributed by atoms with E-state index in [1.54, 1.807) is 13.0 Å². The molecule has 0 spiro atoms. The summed E-state index contributed by atoms with van der Waals surface area (Å²) in [6, 6.07) is 1.86. The first kappa shape index (κ1) is 31.4. The van der Waals surface area contributed by atoms with E-state index in [2.05, 4.69) is 22.5 Å². The van der Waals surface area contributed by atoms with Crippen molar-refractivity contribution in [2.75, 3.05) is 26.2 Å². The SMILES string of the molecule is C=C/C(=C\C=C/NCC(=O)O)C(NC(=O)N1CCN(CC)C(=O)C1=O)C(=O)N[C@H]1Cc2cccc(C(=O)O)c2OB1O. The van der Waals surface area contributed by atoms with Gasteiger partial charge in [0.2, 0.25) is 5.91 Å². The van der Waals surface area contributed by atoms with E-state index < -0.39 is 54.8 Å². The third kappa shape index (κ3) is 7.34. The van der Waals surface area contributed by atoms with Gasteiger partial charge in [0.1, 0.15) is 18.3 Å². The van der Waals surface area contributed by atoms with Gasteiger partial charge in [0.25, 0.3) is 0 Å². The highest BCUT2D eigenvalue weighted by Crippen LogP contribution is 2.30. The molecule has 0 bridgehead atoms. The van der Waals surface area contributed by atoms with E-state index in [0.717, 1.165) is 0 Å². The first-order valence-corrected chi connectivity index (χ1v) is 12.8. The lowest BCUT2D eigenvalue weighted by atomic mass is 9.72. The van der Waals surface area contributed by atoms with Crippen molar-refractivity contribution >= 4 is 42.8 Å². The fourth-order valence-electron chi connectivity index (χ4n) is 4.31. The molecule has 1 unspecified atom stereocenters. The van der Waals surface area contributed by atoms with Gasteiger partial charge in [-0.25, -0.2) is 9.59 Å². The number of imide groups is 1. The Morgan fingerprint density at radius 3 is 2.57 bits per heavy atom. The number of nitrogens with zero attached hydrogens (tertiary/aromatic N) is 2. The van der Waals surface area contributed by atoms with Crippen molar-refractivity contribution in [2.45, 2.75) is 25.3 Å². The van der Waals surface area contributed by atoms with Crippen LogP contribution in [0.25, 0.3) is 0 Å². The molecule has 42 heavy (non-hydrogen) atoms. The molecule has 0 aliphatic carbocycles. The summed E-state index contributed by atoms with van der Waals surface area (Å²) in [6.07, 6.45) is 5.24. The van der Waals surface area contributed by atoms with Crippen LogP contribution in [0.3, 0.4) is 0 Å². The van der Waals surface area contributed by atoms with Gasteiger partial charge in [-0.1, -0.05) is 30.9 Å².